The van der Waals surface area contributed by atoms with E-state index in [0.29, 0.717) is 0 Å². The van der Waals surface area contributed by atoms with Gasteiger partial charge in [0, 0.05) is 5.69 Å². The van der Waals surface area contributed by atoms with Crippen LogP contribution in [0.15, 0.2) is 36.2 Å². The molecule has 0 amide bonds. The molecule has 0 unspecified atom stereocenters. The molecule has 0 aliphatic carbocycles. The van der Waals surface area contributed by atoms with Crippen molar-refractivity contribution in [1.82, 2.24) is 0 Å². The van der Waals surface area contributed by atoms with Crippen molar-refractivity contribution in [3.8, 4) is 0 Å². The van der Waals surface area contributed by atoms with Crippen molar-refractivity contribution < 1.29 is 40.8 Å². The maximum atomic E-state index is 12.5. The van der Waals surface area contributed by atoms with Gasteiger partial charge in [-0.05, 0) is 25.1 Å². The Morgan fingerprint density at radius 1 is 1.45 bits per heavy atom. The molecule has 0 saturated heterocycles. The van der Waals surface area contributed by atoms with E-state index in [1.165, 1.54) is 12.1 Å². The molecule has 0 radical (unpaired) electrons. The number of ether oxygens (including phenoxy) is 1. The molecule has 0 fully saturated rings. The molecule has 8 heteroatoms. The zero-order valence-corrected chi connectivity index (χ0v) is 11.4. The van der Waals surface area contributed by atoms with E-state index in [2.05, 4.69) is 15.8 Å². The maximum Gasteiger partial charge on any atom is 0.416 e. The second-order valence-electron chi connectivity index (χ2n) is 3.63. The monoisotopic (exact) mass is 310 g/mol. The van der Waals surface area contributed by atoms with E-state index in [-0.39, 0.29) is 30.5 Å². The number of alkyl halides is 3. The van der Waals surface area contributed by atoms with Crippen molar-refractivity contribution in [3.63, 3.8) is 0 Å². The van der Waals surface area contributed by atoms with Crippen LogP contribution in [0.3, 0.4) is 0 Å². The first-order valence-corrected chi connectivity index (χ1v) is 5.47. The summed E-state index contributed by atoms with van der Waals surface area (Å²) >= 11 is 0. The summed E-state index contributed by atoms with van der Waals surface area (Å²) in [7, 11) is 0. The molecular formula is C12H14ClF3N2O2. The normalized spacial score (nSPS) is 11.6. The number of hydrogen-bond donors (Lipinski definition) is 2. The molecule has 0 aliphatic heterocycles. The smallest absolute Gasteiger partial charge is 0.416 e. The van der Waals surface area contributed by atoms with E-state index in [1.54, 1.807) is 6.92 Å². The molecule has 0 aromatic heterocycles. The van der Waals surface area contributed by atoms with Crippen molar-refractivity contribution >= 4 is 11.7 Å². The van der Waals surface area contributed by atoms with Crippen LogP contribution in [0, 0.1) is 0 Å². The first kappa shape index (κ1) is 18.3. The Morgan fingerprint density at radius 3 is 2.65 bits per heavy atom. The van der Waals surface area contributed by atoms with Gasteiger partial charge in [0.25, 0.3) is 0 Å². The molecular weight excluding hydrogens is 297 g/mol. The molecule has 0 heterocycles. The van der Waals surface area contributed by atoms with Crippen LogP contribution in [0.4, 0.5) is 18.9 Å². The SMILES string of the molecule is CCOC(=O)C=C([NH3+])Nc1cccc(C(F)(F)F)c1.[Cl-]. The molecule has 0 bridgehead atoms. The molecule has 20 heavy (non-hydrogen) atoms. The highest BCUT2D eigenvalue weighted by atomic mass is 35.5. The van der Waals surface area contributed by atoms with Crippen molar-refractivity contribution in [3.05, 3.63) is 41.7 Å². The highest BCUT2D eigenvalue weighted by Gasteiger charge is 2.30. The summed E-state index contributed by atoms with van der Waals surface area (Å²) in [5.74, 6) is -0.454. The summed E-state index contributed by atoms with van der Waals surface area (Å²) in [6.07, 6.45) is -3.34. The summed E-state index contributed by atoms with van der Waals surface area (Å²) < 4.78 is 42.1. The fourth-order valence-electron chi connectivity index (χ4n) is 1.32. The van der Waals surface area contributed by atoms with Gasteiger partial charge >= 0.3 is 12.1 Å². The van der Waals surface area contributed by atoms with Gasteiger partial charge in [-0.15, -0.1) is 0 Å². The largest absolute Gasteiger partial charge is 1.00 e. The van der Waals surface area contributed by atoms with Gasteiger partial charge in [-0.2, -0.15) is 13.2 Å². The zero-order valence-electron chi connectivity index (χ0n) is 10.6. The minimum absolute atomic E-state index is 0. The van der Waals surface area contributed by atoms with Gasteiger partial charge in [-0.3, -0.25) is 0 Å². The predicted octanol–water partition coefficient (Wildman–Crippen LogP) is -1.23. The fraction of sp³-hybridized carbons (Fsp3) is 0.250. The van der Waals surface area contributed by atoms with Crippen LogP contribution in [0.25, 0.3) is 0 Å². The third-order valence-corrected chi connectivity index (χ3v) is 2.07. The molecule has 0 atom stereocenters. The van der Waals surface area contributed by atoms with Gasteiger partial charge in [0.05, 0.1) is 12.2 Å². The Kier molecular flexibility index (Phi) is 7.09. The molecule has 112 valence electrons. The van der Waals surface area contributed by atoms with Gasteiger partial charge in [-0.1, -0.05) is 6.07 Å². The first-order valence-electron chi connectivity index (χ1n) is 5.47. The average Bonchev–Trinajstić information content (AvgIpc) is 2.28. The minimum Gasteiger partial charge on any atom is -1.00 e. The summed E-state index contributed by atoms with van der Waals surface area (Å²) in [5, 5.41) is 2.59. The van der Waals surface area contributed by atoms with Gasteiger partial charge in [0.15, 0.2) is 0 Å². The first-order chi connectivity index (χ1) is 8.82. The number of hydrogen-bond acceptors (Lipinski definition) is 3. The van der Waals surface area contributed by atoms with Crippen molar-refractivity contribution in [2.24, 2.45) is 0 Å². The molecule has 1 aromatic rings. The standard InChI is InChI=1S/C12H13F3N2O2.ClH/c1-2-19-11(18)7-10(16)17-9-5-3-4-8(6-9)12(13,14)15;/h3-7,17H,2,16H2,1H3;1H. The summed E-state index contributed by atoms with van der Waals surface area (Å²) in [6, 6.07) is 4.61. The molecule has 0 spiro atoms. The summed E-state index contributed by atoms with van der Waals surface area (Å²) in [6.45, 7) is 1.86. The van der Waals surface area contributed by atoms with E-state index in [4.69, 9.17) is 0 Å². The summed E-state index contributed by atoms with van der Waals surface area (Å²) in [4.78, 5) is 11.1. The van der Waals surface area contributed by atoms with Crippen molar-refractivity contribution in [2.45, 2.75) is 13.1 Å². The number of esters is 1. The van der Waals surface area contributed by atoms with Gasteiger partial charge in [0.1, 0.15) is 6.08 Å². The lowest BCUT2D eigenvalue weighted by molar-refractivity contribution is -0.299. The average molecular weight is 311 g/mol. The number of rotatable bonds is 4. The second kappa shape index (κ2) is 7.76. The number of carbonyl (C=O) groups is 1. The number of nitrogens with one attached hydrogen (secondary N) is 1. The Bertz CT molecular complexity index is 490. The highest BCUT2D eigenvalue weighted by molar-refractivity contribution is 5.82. The van der Waals surface area contributed by atoms with E-state index in [0.717, 1.165) is 18.2 Å². The number of halogens is 4. The molecule has 4 nitrogen and oxygen atoms in total. The molecule has 0 saturated carbocycles. The van der Waals surface area contributed by atoms with Crippen LogP contribution in [0.1, 0.15) is 12.5 Å². The van der Waals surface area contributed by atoms with E-state index >= 15 is 0 Å². The van der Waals surface area contributed by atoms with Gasteiger partial charge < -0.3 is 28.2 Å². The van der Waals surface area contributed by atoms with E-state index < -0.39 is 17.7 Å². The Labute approximate surface area is 120 Å². The fourth-order valence-corrected chi connectivity index (χ4v) is 1.32. The zero-order chi connectivity index (χ0) is 14.5. The topological polar surface area (TPSA) is 66.0 Å². The van der Waals surface area contributed by atoms with Crippen molar-refractivity contribution in [2.75, 3.05) is 11.9 Å². The van der Waals surface area contributed by atoms with Crippen LogP contribution in [-0.4, -0.2) is 12.6 Å². The van der Waals surface area contributed by atoms with Crippen LogP contribution >= 0.6 is 0 Å². The van der Waals surface area contributed by atoms with Crippen LogP contribution in [-0.2, 0) is 15.7 Å². The molecule has 1 rings (SSSR count). The Hall–Kier alpha value is -1.73. The maximum absolute atomic E-state index is 12.5. The van der Waals surface area contributed by atoms with Crippen LogP contribution in [0.2, 0.25) is 0 Å². The third-order valence-electron chi connectivity index (χ3n) is 2.07. The predicted molar refractivity (Wildman–Crippen MR) is 62.7 cm³/mol. The third kappa shape index (κ3) is 5.94. The summed E-state index contributed by atoms with van der Waals surface area (Å²) in [5.41, 5.74) is 2.93. The van der Waals surface area contributed by atoms with E-state index in [9.17, 15) is 18.0 Å². The Balaban J connectivity index is 0.00000361. The quantitative estimate of drug-likeness (QED) is 0.540. The molecule has 4 N–H and O–H groups in total. The Morgan fingerprint density at radius 2 is 2.10 bits per heavy atom. The number of carbonyl (C=O) groups excluding carboxylic acids is 1. The lowest BCUT2D eigenvalue weighted by Crippen LogP contribution is -3.00. The van der Waals surface area contributed by atoms with Crippen LogP contribution in [0.5, 0.6) is 0 Å². The van der Waals surface area contributed by atoms with Crippen LogP contribution < -0.4 is 23.5 Å². The molecule has 1 aromatic carbocycles. The van der Waals surface area contributed by atoms with Gasteiger partial charge in [-0.25, -0.2) is 4.79 Å². The van der Waals surface area contributed by atoms with E-state index in [1.807, 2.05) is 0 Å². The number of anilines is 1. The second-order valence-corrected chi connectivity index (χ2v) is 3.63. The number of quaternary nitrogens is 1. The lowest BCUT2D eigenvalue weighted by atomic mass is 10.2. The minimum atomic E-state index is -4.41. The highest BCUT2D eigenvalue weighted by Crippen LogP contribution is 2.30. The van der Waals surface area contributed by atoms with Gasteiger partial charge in [0.2, 0.25) is 5.82 Å². The lowest BCUT2D eigenvalue weighted by Gasteiger charge is -2.09. The number of benzene rings is 1. The molecule has 0 aliphatic rings. The van der Waals surface area contributed by atoms with Crippen molar-refractivity contribution in [1.29, 1.82) is 0 Å².